The molecule has 2 aromatic carbocycles. The van der Waals surface area contributed by atoms with Gasteiger partial charge in [-0.1, -0.05) is 18.2 Å². The van der Waals surface area contributed by atoms with Crippen LogP contribution in [0.15, 0.2) is 42.5 Å². The highest BCUT2D eigenvalue weighted by molar-refractivity contribution is 5.96. The molecule has 2 fully saturated rings. The van der Waals surface area contributed by atoms with Gasteiger partial charge in [-0.05, 0) is 54.2 Å². The van der Waals surface area contributed by atoms with Gasteiger partial charge in [0.05, 0.1) is 18.8 Å². The molecule has 0 amide bonds. The average molecular weight is 358 g/mol. The maximum Gasteiger partial charge on any atom is 0.137 e. The predicted octanol–water partition coefficient (Wildman–Crippen LogP) is 5.14. The number of nitriles is 1. The number of aromatic amines is 1. The number of hydrogen-bond acceptors (Lipinski definition) is 3. The van der Waals surface area contributed by atoms with Crippen molar-refractivity contribution in [3.8, 4) is 22.9 Å². The van der Waals surface area contributed by atoms with Crippen LogP contribution in [0, 0.1) is 11.3 Å². The molecule has 1 saturated heterocycles. The molecule has 1 aliphatic heterocycles. The fourth-order valence-electron chi connectivity index (χ4n) is 3.90. The summed E-state index contributed by atoms with van der Waals surface area (Å²) in [6, 6.07) is 16.9. The second kappa shape index (κ2) is 6.75. The van der Waals surface area contributed by atoms with Gasteiger partial charge in [-0.2, -0.15) is 5.26 Å². The standard InChI is InChI=1S/C23H22N2O2/c24-14-17-12-16(6-7-23(17)27-18-8-10-26-11-9-18)19-2-1-3-21-20(19)13-22(25-21)15-4-5-15/h1-3,6-7,12-13,15,18,25H,4-5,8-11H2. The van der Waals surface area contributed by atoms with Crippen LogP contribution in [0.25, 0.3) is 22.0 Å². The summed E-state index contributed by atoms with van der Waals surface area (Å²) in [6.45, 7) is 1.45. The first kappa shape index (κ1) is 16.4. The fraction of sp³-hybridized carbons (Fsp3) is 0.348. The minimum Gasteiger partial charge on any atom is -0.489 e. The molecule has 0 atom stereocenters. The molecular formula is C23H22N2O2. The summed E-state index contributed by atoms with van der Waals surface area (Å²) in [6.07, 6.45) is 4.43. The van der Waals surface area contributed by atoms with E-state index in [0.29, 0.717) is 17.2 Å². The van der Waals surface area contributed by atoms with Gasteiger partial charge in [-0.25, -0.2) is 0 Å². The van der Waals surface area contributed by atoms with Crippen LogP contribution in [-0.2, 0) is 4.74 Å². The number of hydrogen-bond donors (Lipinski definition) is 1. The number of H-pyrrole nitrogens is 1. The summed E-state index contributed by atoms with van der Waals surface area (Å²) in [5.74, 6) is 1.36. The molecule has 2 aliphatic rings. The Morgan fingerprint density at radius 3 is 2.67 bits per heavy atom. The molecule has 136 valence electrons. The van der Waals surface area contributed by atoms with Gasteiger partial charge in [-0.15, -0.1) is 0 Å². The molecular weight excluding hydrogens is 336 g/mol. The minimum absolute atomic E-state index is 0.130. The highest BCUT2D eigenvalue weighted by Gasteiger charge is 2.25. The van der Waals surface area contributed by atoms with Crippen LogP contribution < -0.4 is 4.74 Å². The third-order valence-electron chi connectivity index (χ3n) is 5.58. The van der Waals surface area contributed by atoms with E-state index in [-0.39, 0.29) is 6.10 Å². The van der Waals surface area contributed by atoms with E-state index in [1.807, 2.05) is 12.1 Å². The summed E-state index contributed by atoms with van der Waals surface area (Å²) < 4.78 is 11.5. The highest BCUT2D eigenvalue weighted by Crippen LogP contribution is 2.42. The maximum absolute atomic E-state index is 9.66. The van der Waals surface area contributed by atoms with E-state index in [1.54, 1.807) is 0 Å². The Kier molecular flexibility index (Phi) is 4.10. The molecule has 4 nitrogen and oxygen atoms in total. The molecule has 0 radical (unpaired) electrons. The predicted molar refractivity (Wildman–Crippen MR) is 105 cm³/mol. The first-order chi connectivity index (χ1) is 13.3. The van der Waals surface area contributed by atoms with Crippen molar-refractivity contribution >= 4 is 10.9 Å². The lowest BCUT2D eigenvalue weighted by atomic mass is 9.99. The Labute approximate surface area is 158 Å². The van der Waals surface area contributed by atoms with Gasteiger partial charge in [0.25, 0.3) is 0 Å². The van der Waals surface area contributed by atoms with Crippen LogP contribution >= 0.6 is 0 Å². The normalized spacial score (nSPS) is 17.7. The van der Waals surface area contributed by atoms with E-state index in [0.717, 1.165) is 42.7 Å². The van der Waals surface area contributed by atoms with Crippen molar-refractivity contribution in [2.24, 2.45) is 0 Å². The molecule has 2 heterocycles. The quantitative estimate of drug-likeness (QED) is 0.702. The lowest BCUT2D eigenvalue weighted by Crippen LogP contribution is -2.26. The molecule has 5 rings (SSSR count). The molecule has 0 unspecified atom stereocenters. The van der Waals surface area contributed by atoms with E-state index in [1.165, 1.54) is 23.9 Å². The van der Waals surface area contributed by atoms with Crippen molar-refractivity contribution < 1.29 is 9.47 Å². The topological polar surface area (TPSA) is 58.0 Å². The van der Waals surface area contributed by atoms with Gasteiger partial charge in [0, 0.05) is 29.4 Å². The van der Waals surface area contributed by atoms with Crippen LogP contribution in [-0.4, -0.2) is 24.3 Å². The van der Waals surface area contributed by atoms with E-state index in [4.69, 9.17) is 9.47 Å². The Morgan fingerprint density at radius 2 is 1.89 bits per heavy atom. The number of nitrogens with zero attached hydrogens (tertiary/aromatic N) is 1. The molecule has 1 N–H and O–H groups in total. The summed E-state index contributed by atoms with van der Waals surface area (Å²) in [5, 5.41) is 10.9. The SMILES string of the molecule is N#Cc1cc(-c2cccc3[nH]c(C4CC4)cc23)ccc1OC1CCOCC1. The van der Waals surface area contributed by atoms with Crippen molar-refractivity contribution in [2.45, 2.75) is 37.7 Å². The lowest BCUT2D eigenvalue weighted by molar-refractivity contribution is 0.0254. The van der Waals surface area contributed by atoms with E-state index >= 15 is 0 Å². The largest absolute Gasteiger partial charge is 0.489 e. The summed E-state index contributed by atoms with van der Waals surface area (Å²) >= 11 is 0. The van der Waals surface area contributed by atoms with E-state index in [9.17, 15) is 5.26 Å². The van der Waals surface area contributed by atoms with Gasteiger partial charge >= 0.3 is 0 Å². The average Bonchev–Trinajstić information content (AvgIpc) is 3.47. The summed E-state index contributed by atoms with van der Waals surface area (Å²) in [5.41, 5.74) is 5.30. The van der Waals surface area contributed by atoms with Gasteiger partial charge in [-0.3, -0.25) is 0 Å². The van der Waals surface area contributed by atoms with Crippen LogP contribution in [0.4, 0.5) is 0 Å². The van der Waals surface area contributed by atoms with Crippen molar-refractivity contribution in [3.05, 3.63) is 53.7 Å². The molecule has 3 aromatic rings. The van der Waals surface area contributed by atoms with Crippen molar-refractivity contribution in [1.29, 1.82) is 5.26 Å². The lowest BCUT2D eigenvalue weighted by Gasteiger charge is -2.24. The summed E-state index contributed by atoms with van der Waals surface area (Å²) in [4.78, 5) is 3.56. The first-order valence-corrected chi connectivity index (χ1v) is 9.72. The fourth-order valence-corrected chi connectivity index (χ4v) is 3.90. The zero-order valence-electron chi connectivity index (χ0n) is 15.2. The second-order valence-corrected chi connectivity index (χ2v) is 7.52. The minimum atomic E-state index is 0.130. The van der Waals surface area contributed by atoms with Crippen molar-refractivity contribution in [1.82, 2.24) is 4.98 Å². The van der Waals surface area contributed by atoms with Crippen LogP contribution in [0.5, 0.6) is 5.75 Å². The highest BCUT2D eigenvalue weighted by atomic mass is 16.5. The molecule has 0 bridgehead atoms. The second-order valence-electron chi connectivity index (χ2n) is 7.52. The number of nitrogens with one attached hydrogen (secondary N) is 1. The van der Waals surface area contributed by atoms with Crippen molar-refractivity contribution in [3.63, 3.8) is 0 Å². The van der Waals surface area contributed by atoms with Crippen LogP contribution in [0.1, 0.15) is 42.9 Å². The summed E-state index contributed by atoms with van der Waals surface area (Å²) in [7, 11) is 0. The van der Waals surface area contributed by atoms with Crippen molar-refractivity contribution in [2.75, 3.05) is 13.2 Å². The number of ether oxygens (including phenoxy) is 2. The number of benzene rings is 2. The van der Waals surface area contributed by atoms with E-state index in [2.05, 4.69) is 41.4 Å². The first-order valence-electron chi connectivity index (χ1n) is 9.72. The third-order valence-corrected chi connectivity index (χ3v) is 5.58. The Balaban J connectivity index is 1.50. The molecule has 4 heteroatoms. The van der Waals surface area contributed by atoms with Gasteiger partial charge < -0.3 is 14.5 Å². The molecule has 1 aromatic heterocycles. The van der Waals surface area contributed by atoms with Crippen LogP contribution in [0.2, 0.25) is 0 Å². The number of fused-ring (bicyclic) bond motifs is 1. The van der Waals surface area contributed by atoms with Gasteiger partial charge in [0.2, 0.25) is 0 Å². The molecule has 27 heavy (non-hydrogen) atoms. The molecule has 1 aliphatic carbocycles. The van der Waals surface area contributed by atoms with Crippen LogP contribution in [0.3, 0.4) is 0 Å². The maximum atomic E-state index is 9.66. The third kappa shape index (κ3) is 3.20. The van der Waals surface area contributed by atoms with E-state index < -0.39 is 0 Å². The molecule has 1 saturated carbocycles. The Bertz CT molecular complexity index is 1020. The zero-order valence-corrected chi connectivity index (χ0v) is 15.2. The Morgan fingerprint density at radius 1 is 1.04 bits per heavy atom. The van der Waals surface area contributed by atoms with Gasteiger partial charge in [0.15, 0.2) is 0 Å². The molecule has 0 spiro atoms. The van der Waals surface area contributed by atoms with Gasteiger partial charge in [0.1, 0.15) is 17.9 Å². The smallest absolute Gasteiger partial charge is 0.137 e. The number of rotatable bonds is 4. The Hall–Kier alpha value is -2.77. The monoisotopic (exact) mass is 358 g/mol. The zero-order chi connectivity index (χ0) is 18.2. The number of aromatic nitrogens is 1.